The largest absolute Gasteiger partial charge is 0.268 e. The molecule has 3 aromatic carbocycles. The SMILES string of the molecule is Cc1cc(C)cc(-n2c(C=Cc3cccc(Br)c3)nc3ccccc3c2=O)c1. The van der Waals surface area contributed by atoms with E-state index in [0.717, 1.165) is 26.9 Å². The quantitative estimate of drug-likeness (QED) is 0.403. The number of benzene rings is 3. The first-order valence-corrected chi connectivity index (χ1v) is 9.85. The van der Waals surface area contributed by atoms with Crippen LogP contribution in [0.25, 0.3) is 28.7 Å². The molecule has 0 unspecified atom stereocenters. The van der Waals surface area contributed by atoms with Crippen LogP contribution in [-0.2, 0) is 0 Å². The van der Waals surface area contributed by atoms with Crippen molar-refractivity contribution >= 4 is 39.0 Å². The minimum Gasteiger partial charge on any atom is -0.268 e. The maximum atomic E-state index is 13.3. The van der Waals surface area contributed by atoms with Gasteiger partial charge in [0.1, 0.15) is 5.82 Å². The number of hydrogen-bond donors (Lipinski definition) is 0. The van der Waals surface area contributed by atoms with Gasteiger partial charge in [-0.3, -0.25) is 9.36 Å². The van der Waals surface area contributed by atoms with E-state index >= 15 is 0 Å². The molecular weight excluding hydrogens is 412 g/mol. The van der Waals surface area contributed by atoms with Crippen LogP contribution in [0.15, 0.2) is 76.0 Å². The molecule has 138 valence electrons. The van der Waals surface area contributed by atoms with Crippen LogP contribution in [0, 0.1) is 13.8 Å². The van der Waals surface area contributed by atoms with Crippen molar-refractivity contribution in [2.75, 3.05) is 0 Å². The van der Waals surface area contributed by atoms with Crippen molar-refractivity contribution in [3.63, 3.8) is 0 Å². The molecular formula is C24H19BrN2O. The second-order valence-electron chi connectivity index (χ2n) is 6.86. The minimum atomic E-state index is -0.0653. The number of aryl methyl sites for hydroxylation is 2. The second-order valence-corrected chi connectivity index (χ2v) is 7.78. The van der Waals surface area contributed by atoms with E-state index in [4.69, 9.17) is 4.98 Å². The summed E-state index contributed by atoms with van der Waals surface area (Å²) in [5.74, 6) is 0.605. The number of para-hydroxylation sites is 1. The summed E-state index contributed by atoms with van der Waals surface area (Å²) in [6, 6.07) is 21.6. The highest BCUT2D eigenvalue weighted by Crippen LogP contribution is 2.19. The van der Waals surface area contributed by atoms with Crippen molar-refractivity contribution in [2.45, 2.75) is 13.8 Å². The molecule has 0 aliphatic carbocycles. The van der Waals surface area contributed by atoms with Gasteiger partial charge in [0.15, 0.2) is 0 Å². The normalized spacial score (nSPS) is 11.4. The Morgan fingerprint density at radius 2 is 1.64 bits per heavy atom. The van der Waals surface area contributed by atoms with Crippen molar-refractivity contribution in [1.82, 2.24) is 9.55 Å². The minimum absolute atomic E-state index is 0.0653. The third-order valence-corrected chi connectivity index (χ3v) is 5.03. The van der Waals surface area contributed by atoms with E-state index in [2.05, 4.69) is 22.0 Å². The molecule has 1 aromatic heterocycles. The van der Waals surface area contributed by atoms with Gasteiger partial charge in [0.05, 0.1) is 16.6 Å². The first-order valence-electron chi connectivity index (χ1n) is 9.05. The molecule has 0 fully saturated rings. The van der Waals surface area contributed by atoms with E-state index in [1.807, 2.05) is 86.7 Å². The van der Waals surface area contributed by atoms with Crippen molar-refractivity contribution < 1.29 is 0 Å². The molecule has 4 heteroatoms. The lowest BCUT2D eigenvalue weighted by Gasteiger charge is -2.13. The van der Waals surface area contributed by atoms with Crippen molar-refractivity contribution in [1.29, 1.82) is 0 Å². The Morgan fingerprint density at radius 1 is 0.893 bits per heavy atom. The highest BCUT2D eigenvalue weighted by molar-refractivity contribution is 9.10. The molecule has 3 nitrogen and oxygen atoms in total. The number of rotatable bonds is 3. The first-order chi connectivity index (χ1) is 13.5. The van der Waals surface area contributed by atoms with Gasteiger partial charge in [0.25, 0.3) is 5.56 Å². The zero-order chi connectivity index (χ0) is 19.7. The Hall–Kier alpha value is -2.98. The predicted molar refractivity (Wildman–Crippen MR) is 120 cm³/mol. The number of hydrogen-bond acceptors (Lipinski definition) is 2. The molecule has 0 aliphatic rings. The topological polar surface area (TPSA) is 34.9 Å². The highest BCUT2D eigenvalue weighted by Gasteiger charge is 2.11. The fourth-order valence-corrected chi connectivity index (χ4v) is 3.79. The molecule has 28 heavy (non-hydrogen) atoms. The van der Waals surface area contributed by atoms with E-state index in [-0.39, 0.29) is 5.56 Å². The summed E-state index contributed by atoms with van der Waals surface area (Å²) >= 11 is 3.49. The highest BCUT2D eigenvalue weighted by atomic mass is 79.9. The van der Waals surface area contributed by atoms with Gasteiger partial charge in [-0.15, -0.1) is 0 Å². The molecule has 0 aliphatic heterocycles. The molecule has 0 bridgehead atoms. The monoisotopic (exact) mass is 430 g/mol. The van der Waals surface area contributed by atoms with E-state index in [1.54, 1.807) is 4.57 Å². The van der Waals surface area contributed by atoms with Crippen LogP contribution in [0.4, 0.5) is 0 Å². The van der Waals surface area contributed by atoms with E-state index in [1.165, 1.54) is 0 Å². The van der Waals surface area contributed by atoms with E-state index in [0.29, 0.717) is 16.7 Å². The van der Waals surface area contributed by atoms with Crippen LogP contribution in [0.2, 0.25) is 0 Å². The molecule has 0 radical (unpaired) electrons. The zero-order valence-corrected chi connectivity index (χ0v) is 17.3. The van der Waals surface area contributed by atoms with Gasteiger partial charge >= 0.3 is 0 Å². The van der Waals surface area contributed by atoms with Crippen molar-refractivity contribution in [2.24, 2.45) is 0 Å². The Morgan fingerprint density at radius 3 is 2.39 bits per heavy atom. The Labute approximate surface area is 172 Å². The summed E-state index contributed by atoms with van der Waals surface area (Å²) in [6.07, 6.45) is 3.87. The second kappa shape index (κ2) is 7.56. The fraction of sp³-hybridized carbons (Fsp3) is 0.0833. The average molecular weight is 431 g/mol. The lowest BCUT2D eigenvalue weighted by molar-refractivity contribution is 0.940. The molecule has 0 saturated heterocycles. The van der Waals surface area contributed by atoms with Crippen LogP contribution in [-0.4, -0.2) is 9.55 Å². The lowest BCUT2D eigenvalue weighted by atomic mass is 10.1. The summed E-state index contributed by atoms with van der Waals surface area (Å²) in [7, 11) is 0. The maximum Gasteiger partial charge on any atom is 0.266 e. The molecule has 4 aromatic rings. The molecule has 1 heterocycles. The van der Waals surface area contributed by atoms with Gasteiger partial charge in [-0.1, -0.05) is 52.3 Å². The number of aromatic nitrogens is 2. The fourth-order valence-electron chi connectivity index (χ4n) is 3.37. The standard InChI is InChI=1S/C24H19BrN2O/c1-16-12-17(2)14-20(13-16)27-23(11-10-18-6-5-7-19(25)15-18)26-22-9-4-3-8-21(22)24(27)28/h3-15H,1-2H3. The van der Waals surface area contributed by atoms with Crippen LogP contribution < -0.4 is 5.56 Å². The third-order valence-electron chi connectivity index (χ3n) is 4.54. The summed E-state index contributed by atoms with van der Waals surface area (Å²) < 4.78 is 2.70. The zero-order valence-electron chi connectivity index (χ0n) is 15.7. The first kappa shape index (κ1) is 18.4. The third kappa shape index (κ3) is 3.69. The number of fused-ring (bicyclic) bond motifs is 1. The van der Waals surface area contributed by atoms with E-state index < -0.39 is 0 Å². The van der Waals surface area contributed by atoms with Gasteiger partial charge in [0.2, 0.25) is 0 Å². The Bertz CT molecular complexity index is 1250. The smallest absolute Gasteiger partial charge is 0.266 e. The lowest BCUT2D eigenvalue weighted by Crippen LogP contribution is -2.22. The molecule has 0 amide bonds. The summed E-state index contributed by atoms with van der Waals surface area (Å²) in [5, 5.41) is 0.612. The van der Waals surface area contributed by atoms with Gasteiger partial charge < -0.3 is 0 Å². The van der Waals surface area contributed by atoms with E-state index in [9.17, 15) is 4.79 Å². The average Bonchev–Trinajstić information content (AvgIpc) is 2.66. The molecule has 0 N–H and O–H groups in total. The number of halogens is 1. The molecule has 0 spiro atoms. The Kier molecular flexibility index (Phi) is 4.97. The maximum absolute atomic E-state index is 13.3. The van der Waals surface area contributed by atoms with Gasteiger partial charge in [-0.2, -0.15) is 0 Å². The summed E-state index contributed by atoms with van der Waals surface area (Å²) in [6.45, 7) is 4.07. The van der Waals surface area contributed by atoms with Gasteiger partial charge in [0, 0.05) is 4.47 Å². The molecule has 0 saturated carbocycles. The summed E-state index contributed by atoms with van der Waals surface area (Å²) in [5.41, 5.74) is 4.71. The van der Waals surface area contributed by atoms with Crippen LogP contribution in [0.1, 0.15) is 22.5 Å². The van der Waals surface area contributed by atoms with Crippen molar-refractivity contribution in [3.05, 3.63) is 104 Å². The van der Waals surface area contributed by atoms with Crippen LogP contribution >= 0.6 is 15.9 Å². The van der Waals surface area contributed by atoms with Crippen molar-refractivity contribution in [3.8, 4) is 5.69 Å². The van der Waals surface area contributed by atoms with Crippen LogP contribution in [0.5, 0.6) is 0 Å². The molecule has 4 rings (SSSR count). The van der Waals surface area contributed by atoms with Crippen LogP contribution in [0.3, 0.4) is 0 Å². The van der Waals surface area contributed by atoms with Gasteiger partial charge in [-0.25, -0.2) is 4.98 Å². The number of nitrogens with zero attached hydrogens (tertiary/aromatic N) is 2. The predicted octanol–water partition coefficient (Wildman–Crippen LogP) is 5.94. The summed E-state index contributed by atoms with van der Waals surface area (Å²) in [4.78, 5) is 18.1. The molecule has 0 atom stereocenters. The van der Waals surface area contributed by atoms with Gasteiger partial charge in [-0.05, 0) is 73.0 Å². The Balaban J connectivity index is 1.97.